The molecule has 2 N–H and O–H groups in total. The first kappa shape index (κ1) is 14.9. The van der Waals surface area contributed by atoms with E-state index in [0.29, 0.717) is 19.4 Å². The second kappa shape index (κ2) is 7.35. The Morgan fingerprint density at radius 2 is 2.05 bits per heavy atom. The van der Waals surface area contributed by atoms with Gasteiger partial charge in [0.05, 0.1) is 0 Å². The zero-order valence-corrected chi connectivity index (χ0v) is 11.2. The molecule has 0 aliphatic heterocycles. The van der Waals surface area contributed by atoms with Gasteiger partial charge in [-0.05, 0) is 30.5 Å². The van der Waals surface area contributed by atoms with Gasteiger partial charge in [-0.1, -0.05) is 6.92 Å². The van der Waals surface area contributed by atoms with E-state index in [4.69, 9.17) is 5.11 Å². The fourth-order valence-electron chi connectivity index (χ4n) is 1.55. The normalized spacial score (nSPS) is 11.7. The number of hydrogen-bond donors (Lipinski definition) is 2. The molecule has 0 radical (unpaired) electrons. The first-order valence-electron chi connectivity index (χ1n) is 6.18. The molecule has 0 spiro atoms. The minimum Gasteiger partial charge on any atom is -0.480 e. The van der Waals surface area contributed by atoms with E-state index in [-0.39, 0.29) is 6.03 Å². The highest BCUT2D eigenvalue weighted by Gasteiger charge is 2.19. The van der Waals surface area contributed by atoms with Gasteiger partial charge in [0.2, 0.25) is 0 Å². The number of likely N-dealkylation sites (N-methyl/N-ethyl adjacent to an activating group) is 1. The molecule has 0 aromatic carbocycles. The first-order chi connectivity index (χ1) is 9.04. The van der Waals surface area contributed by atoms with Crippen molar-refractivity contribution in [3.05, 3.63) is 30.1 Å². The molecule has 1 aromatic heterocycles. The molecule has 1 heterocycles. The van der Waals surface area contributed by atoms with Gasteiger partial charge < -0.3 is 15.3 Å². The molecule has 1 aromatic rings. The van der Waals surface area contributed by atoms with Crippen LogP contribution < -0.4 is 5.32 Å². The average Bonchev–Trinajstić information content (AvgIpc) is 2.42. The summed E-state index contributed by atoms with van der Waals surface area (Å²) in [5.41, 5.74) is 1.08. The van der Waals surface area contributed by atoms with E-state index < -0.39 is 12.0 Å². The minimum absolute atomic E-state index is 0.360. The molecule has 1 atom stereocenters. The highest BCUT2D eigenvalue weighted by Crippen LogP contribution is 2.00. The number of aliphatic carboxylic acids is 1. The summed E-state index contributed by atoms with van der Waals surface area (Å²) in [6.45, 7) is 2.24. The van der Waals surface area contributed by atoms with E-state index in [1.54, 1.807) is 26.4 Å². The predicted molar refractivity (Wildman–Crippen MR) is 70.8 cm³/mol. The SMILES string of the molecule is CC[C@H](NC(=O)N(C)CCc1ccncc1)C(=O)O. The molecule has 0 bridgehead atoms. The molecular weight excluding hydrogens is 246 g/mol. The molecular formula is C13H19N3O3. The van der Waals surface area contributed by atoms with Gasteiger partial charge in [-0.15, -0.1) is 0 Å². The lowest BCUT2D eigenvalue weighted by Gasteiger charge is -2.20. The van der Waals surface area contributed by atoms with Crippen LogP contribution in [0.1, 0.15) is 18.9 Å². The van der Waals surface area contributed by atoms with Crippen molar-refractivity contribution in [2.45, 2.75) is 25.8 Å². The van der Waals surface area contributed by atoms with Crippen LogP contribution in [-0.4, -0.2) is 46.6 Å². The van der Waals surface area contributed by atoms with Crippen LogP contribution >= 0.6 is 0 Å². The van der Waals surface area contributed by atoms with Gasteiger partial charge >= 0.3 is 12.0 Å². The number of carbonyl (C=O) groups excluding carboxylic acids is 1. The summed E-state index contributed by atoms with van der Waals surface area (Å²) in [6, 6.07) is 2.56. The van der Waals surface area contributed by atoms with Crippen LogP contribution in [0.5, 0.6) is 0 Å². The van der Waals surface area contributed by atoms with Gasteiger partial charge in [0.25, 0.3) is 0 Å². The molecule has 6 nitrogen and oxygen atoms in total. The average molecular weight is 265 g/mol. The summed E-state index contributed by atoms with van der Waals surface area (Å²) >= 11 is 0. The summed E-state index contributed by atoms with van der Waals surface area (Å²) in [5.74, 6) is -1.02. The molecule has 0 aliphatic rings. The number of carboxylic acid groups (broad SMARTS) is 1. The summed E-state index contributed by atoms with van der Waals surface area (Å²) in [4.78, 5) is 28.0. The molecule has 104 valence electrons. The van der Waals surface area contributed by atoms with Gasteiger partial charge in [0, 0.05) is 26.0 Å². The number of nitrogens with zero attached hydrogens (tertiary/aromatic N) is 2. The lowest BCUT2D eigenvalue weighted by atomic mass is 10.2. The van der Waals surface area contributed by atoms with Crippen molar-refractivity contribution >= 4 is 12.0 Å². The van der Waals surface area contributed by atoms with Gasteiger partial charge in [0.15, 0.2) is 0 Å². The van der Waals surface area contributed by atoms with E-state index in [0.717, 1.165) is 5.56 Å². The van der Waals surface area contributed by atoms with Crippen molar-refractivity contribution in [1.82, 2.24) is 15.2 Å². The number of pyridine rings is 1. The number of hydrogen-bond acceptors (Lipinski definition) is 3. The van der Waals surface area contributed by atoms with E-state index in [1.165, 1.54) is 4.90 Å². The third-order valence-corrected chi connectivity index (χ3v) is 2.84. The Morgan fingerprint density at radius 3 is 2.58 bits per heavy atom. The fourth-order valence-corrected chi connectivity index (χ4v) is 1.55. The quantitative estimate of drug-likeness (QED) is 0.807. The summed E-state index contributed by atoms with van der Waals surface area (Å²) < 4.78 is 0. The van der Waals surface area contributed by atoms with Crippen molar-refractivity contribution in [3.8, 4) is 0 Å². The molecule has 0 saturated heterocycles. The van der Waals surface area contributed by atoms with Crippen LogP contribution in [0, 0.1) is 0 Å². The molecule has 0 saturated carbocycles. The Kier molecular flexibility index (Phi) is 5.78. The second-order valence-corrected chi connectivity index (χ2v) is 4.28. The highest BCUT2D eigenvalue weighted by molar-refractivity contribution is 5.82. The van der Waals surface area contributed by atoms with Crippen LogP contribution in [0.4, 0.5) is 4.79 Å². The third kappa shape index (κ3) is 4.95. The molecule has 0 fully saturated rings. The van der Waals surface area contributed by atoms with Gasteiger partial charge in [0.1, 0.15) is 6.04 Å². The van der Waals surface area contributed by atoms with Crippen LogP contribution in [0.15, 0.2) is 24.5 Å². The molecule has 1 rings (SSSR count). The van der Waals surface area contributed by atoms with Crippen LogP contribution in [0.25, 0.3) is 0 Å². The molecule has 6 heteroatoms. The molecule has 0 unspecified atom stereocenters. The number of aromatic nitrogens is 1. The standard InChI is InChI=1S/C13H19N3O3/c1-3-11(12(17)18)15-13(19)16(2)9-6-10-4-7-14-8-5-10/h4-5,7-8,11H,3,6,9H2,1-2H3,(H,15,19)(H,17,18)/t11-/m0/s1. The third-order valence-electron chi connectivity index (χ3n) is 2.84. The Bertz CT molecular complexity index is 422. The highest BCUT2D eigenvalue weighted by atomic mass is 16.4. The largest absolute Gasteiger partial charge is 0.480 e. The molecule has 2 amide bonds. The van der Waals surface area contributed by atoms with Crippen LogP contribution in [-0.2, 0) is 11.2 Å². The minimum atomic E-state index is -1.02. The zero-order valence-electron chi connectivity index (χ0n) is 11.2. The van der Waals surface area contributed by atoms with Crippen molar-refractivity contribution in [3.63, 3.8) is 0 Å². The Balaban J connectivity index is 2.42. The van der Waals surface area contributed by atoms with Gasteiger partial charge in [-0.3, -0.25) is 4.98 Å². The Hall–Kier alpha value is -2.11. The van der Waals surface area contributed by atoms with Gasteiger partial charge in [-0.2, -0.15) is 0 Å². The monoisotopic (exact) mass is 265 g/mol. The second-order valence-electron chi connectivity index (χ2n) is 4.28. The lowest BCUT2D eigenvalue weighted by Crippen LogP contribution is -2.46. The molecule has 19 heavy (non-hydrogen) atoms. The summed E-state index contributed by atoms with van der Waals surface area (Å²) in [7, 11) is 1.64. The maximum Gasteiger partial charge on any atom is 0.326 e. The fraction of sp³-hybridized carbons (Fsp3) is 0.462. The zero-order chi connectivity index (χ0) is 14.3. The number of rotatable bonds is 6. The van der Waals surface area contributed by atoms with Gasteiger partial charge in [-0.25, -0.2) is 9.59 Å². The van der Waals surface area contributed by atoms with E-state index >= 15 is 0 Å². The summed E-state index contributed by atoms with van der Waals surface area (Å²) in [6.07, 6.45) is 4.47. The van der Waals surface area contributed by atoms with E-state index in [2.05, 4.69) is 10.3 Å². The van der Waals surface area contributed by atoms with Crippen LogP contribution in [0.2, 0.25) is 0 Å². The lowest BCUT2D eigenvalue weighted by molar-refractivity contribution is -0.139. The predicted octanol–water partition coefficient (Wildman–Crippen LogP) is 1.13. The summed E-state index contributed by atoms with van der Waals surface area (Å²) in [5, 5.41) is 11.3. The Morgan fingerprint density at radius 1 is 1.42 bits per heavy atom. The smallest absolute Gasteiger partial charge is 0.326 e. The number of carboxylic acids is 1. The molecule has 0 aliphatic carbocycles. The number of nitrogens with one attached hydrogen (secondary N) is 1. The maximum absolute atomic E-state index is 11.8. The van der Waals surface area contributed by atoms with Crippen molar-refractivity contribution < 1.29 is 14.7 Å². The van der Waals surface area contributed by atoms with Crippen molar-refractivity contribution in [1.29, 1.82) is 0 Å². The Labute approximate surface area is 112 Å². The topological polar surface area (TPSA) is 82.5 Å². The number of amides is 2. The number of carbonyl (C=O) groups is 2. The van der Waals surface area contributed by atoms with E-state index in [9.17, 15) is 9.59 Å². The number of urea groups is 1. The first-order valence-corrected chi connectivity index (χ1v) is 6.18. The maximum atomic E-state index is 11.8. The van der Waals surface area contributed by atoms with Crippen molar-refractivity contribution in [2.75, 3.05) is 13.6 Å². The van der Waals surface area contributed by atoms with Crippen LogP contribution in [0.3, 0.4) is 0 Å². The van der Waals surface area contributed by atoms with Crippen molar-refractivity contribution in [2.24, 2.45) is 0 Å². The van der Waals surface area contributed by atoms with E-state index in [1.807, 2.05) is 12.1 Å².